The van der Waals surface area contributed by atoms with Crippen molar-refractivity contribution in [2.75, 3.05) is 5.32 Å². The van der Waals surface area contributed by atoms with Crippen molar-refractivity contribution in [3.63, 3.8) is 0 Å². The molecular weight excluding hydrogens is 1100 g/mol. The molecule has 0 bridgehead atoms. The molecule has 0 fully saturated rings. The van der Waals surface area contributed by atoms with E-state index in [4.69, 9.17) is 16.3 Å². The summed E-state index contributed by atoms with van der Waals surface area (Å²) < 4.78 is 118. The number of aromatic nitrogens is 4. The van der Waals surface area contributed by atoms with Gasteiger partial charge in [-0.25, -0.2) is 30.2 Å². The minimum absolute atomic E-state index is 0. The molecule has 0 unspecified atom stereocenters. The third kappa shape index (κ3) is 13.2. The van der Waals surface area contributed by atoms with Crippen LogP contribution in [-0.4, -0.2) is 81.9 Å². The second kappa shape index (κ2) is 24.6. The molecule has 0 saturated heterocycles. The van der Waals surface area contributed by atoms with Crippen molar-refractivity contribution in [3.05, 3.63) is 146 Å². The van der Waals surface area contributed by atoms with Crippen LogP contribution >= 0.6 is 11.6 Å². The van der Waals surface area contributed by atoms with Crippen molar-refractivity contribution >= 4 is 93.4 Å². The van der Waals surface area contributed by atoms with E-state index in [9.17, 15) is 73.1 Å². The first-order valence-electron chi connectivity index (χ1n) is 18.6. The number of halogens is 1. The summed E-state index contributed by atoms with van der Waals surface area (Å²) in [4.78, 5) is 76.2. The van der Waals surface area contributed by atoms with Crippen LogP contribution in [0.3, 0.4) is 0 Å². The van der Waals surface area contributed by atoms with Crippen molar-refractivity contribution in [1.82, 2.24) is 19.5 Å². The summed E-state index contributed by atoms with van der Waals surface area (Å²) in [5, 5.41) is 24.8. The van der Waals surface area contributed by atoms with Crippen LogP contribution in [0.15, 0.2) is 115 Å². The normalized spacial score (nSPS) is 11.8. The molecule has 0 radical (unpaired) electrons. The molecular formula is C41H20ClN6Na5O17S3. The number of aryl methyl sites for hydroxylation is 1. The maximum Gasteiger partial charge on any atom is 1.00 e. The van der Waals surface area contributed by atoms with E-state index in [0.717, 1.165) is 41.0 Å². The Morgan fingerprint density at radius 1 is 0.685 bits per heavy atom. The number of aromatic amines is 1. The molecule has 7 aromatic rings. The number of rotatable bonds is 12. The Morgan fingerprint density at radius 2 is 1.29 bits per heavy atom. The largest absolute Gasteiger partial charge is 1.00 e. The van der Waals surface area contributed by atoms with E-state index in [1.165, 1.54) is 43.4 Å². The van der Waals surface area contributed by atoms with Crippen molar-refractivity contribution < 1.29 is 221 Å². The average molecular weight is 1120 g/mol. The molecule has 0 amide bonds. The number of ketones is 2. The third-order valence-electron chi connectivity index (χ3n) is 10.1. The zero-order chi connectivity index (χ0) is 49.4. The molecule has 1 aliphatic carbocycles. The fraction of sp³-hybridized carbons (Fsp3) is 0.0244. The average Bonchev–Trinajstić information content (AvgIpc) is 3.25. The number of carbonyl (C=O) groups is 4. The summed E-state index contributed by atoms with van der Waals surface area (Å²) in [7, 11) is -15.3. The number of fused-ring (bicyclic) bond motifs is 2. The van der Waals surface area contributed by atoms with E-state index in [0.29, 0.717) is 12.1 Å². The van der Waals surface area contributed by atoms with Gasteiger partial charge in [0.15, 0.2) is 11.6 Å². The maximum absolute atomic E-state index is 14.5. The van der Waals surface area contributed by atoms with Gasteiger partial charge in [-0.2, -0.15) is 9.97 Å². The quantitative estimate of drug-likeness (QED) is 0.0651. The van der Waals surface area contributed by atoms with Gasteiger partial charge in [-0.05, 0) is 71.8 Å². The van der Waals surface area contributed by atoms with Crippen molar-refractivity contribution in [1.29, 1.82) is 0 Å². The number of H-pyrrole nitrogens is 1. The van der Waals surface area contributed by atoms with Crippen LogP contribution in [0.1, 0.15) is 52.6 Å². The molecule has 0 atom stereocenters. The smallest absolute Gasteiger partial charge is 0.744 e. The number of pyridine rings is 1. The molecule has 0 spiro atoms. The third-order valence-corrected chi connectivity index (χ3v) is 12.9. The maximum atomic E-state index is 14.5. The van der Waals surface area contributed by atoms with Gasteiger partial charge in [0.25, 0.3) is 5.56 Å². The first-order valence-corrected chi connectivity index (χ1v) is 23.2. The topological polar surface area (TPSA) is 383 Å². The van der Waals surface area contributed by atoms with Crippen LogP contribution in [-0.2, 0) is 37.4 Å². The number of carboxylic acids is 2. The summed E-state index contributed by atoms with van der Waals surface area (Å²) in [6.07, 6.45) is 0. The molecule has 2 aromatic heterocycles. The number of nitrogens with zero attached hydrogens (tertiary/aromatic N) is 4. The monoisotopic (exact) mass is 1110 g/mol. The number of hydrogen-bond donors (Lipinski definition) is 2. The van der Waals surface area contributed by atoms with Crippen molar-refractivity contribution in [2.45, 2.75) is 14.7 Å². The van der Waals surface area contributed by atoms with Crippen molar-refractivity contribution in [3.8, 4) is 22.9 Å². The zero-order valence-corrected chi connectivity index (χ0v) is 51.7. The molecule has 2 N–H and O–H groups in total. The number of ether oxygens (including phenoxy) is 1. The number of nitrogens with one attached hydrogen (secondary N) is 2. The van der Waals surface area contributed by atoms with Gasteiger partial charge in [0.05, 0.1) is 60.3 Å². The van der Waals surface area contributed by atoms with E-state index < -0.39 is 130 Å². The van der Waals surface area contributed by atoms with E-state index in [2.05, 4.69) is 25.3 Å². The number of benzene rings is 5. The fourth-order valence-corrected chi connectivity index (χ4v) is 9.29. The van der Waals surface area contributed by atoms with E-state index in [1.807, 2.05) is 0 Å². The van der Waals surface area contributed by atoms with Gasteiger partial charge in [-0.15, -0.1) is 0 Å². The second-order valence-electron chi connectivity index (χ2n) is 14.3. The Morgan fingerprint density at radius 3 is 1.86 bits per heavy atom. The van der Waals surface area contributed by atoms with Crippen LogP contribution in [0.2, 0.25) is 5.28 Å². The van der Waals surface area contributed by atoms with Gasteiger partial charge in [0.1, 0.15) is 36.1 Å². The van der Waals surface area contributed by atoms with Gasteiger partial charge in [0.2, 0.25) is 10.9 Å². The number of aromatic carboxylic acids is 2. The fourth-order valence-electron chi connectivity index (χ4n) is 7.28. The number of carboxylic acid groups (broad SMARTS) is 2. The van der Waals surface area contributed by atoms with Gasteiger partial charge in [-0.1, -0.05) is 36.4 Å². The standard InChI is InChI=1S/C41H25ClN6O17S3.5Na/c1-48-27-10-9-24(31-32(27)30(22-7-2-3-8-23(22)35(31)50)33(36(48)51)34(49)17-5-4-6-21(14-17)66(56,57)58)43-25-15-26(29(68(62,63)64)16-28(25)67(59,60)61)44-40-45-39(42)46-41(47-40)65-20-12-18(37(52)53)11-19(13-20)38(54)55;;;;;/h2-16,43H,1H3,(H,52,53)(H,54,55)(H,56,57,58)(H,59,60,61)(H,62,63,64)(H,44,45,46,47);;;;;/q;5*+1/p-5. The molecule has 5 aromatic carbocycles. The zero-order valence-electron chi connectivity index (χ0n) is 38.5. The molecule has 23 nitrogen and oxygen atoms in total. The number of carbonyl (C=O) groups excluding carboxylic acids is 4. The summed E-state index contributed by atoms with van der Waals surface area (Å²) in [5.74, 6) is -5.98. The SMILES string of the molecule is Cn1c(=O)c(C(=O)c2cccc(S(=O)(=O)[O-])c2)c2c3c(c(Nc4cc(N=c5nc(Cl)nc(Oc6cc(C(=O)[O-])cc(C(=O)[O-])c6)[nH]5)c(S(=O)(=O)[O-])cc4S(=O)(=O)[O-])ccc31)C(=O)c1ccccc1-2.[Na+].[Na+].[Na+].[Na+].[Na+]. The molecule has 1 aliphatic rings. The van der Waals surface area contributed by atoms with Crippen LogP contribution in [0.5, 0.6) is 11.8 Å². The van der Waals surface area contributed by atoms with Crippen LogP contribution in [0, 0.1) is 0 Å². The van der Waals surface area contributed by atoms with E-state index >= 15 is 0 Å². The Labute approximate surface area is 527 Å². The van der Waals surface area contributed by atoms with Crippen molar-refractivity contribution in [2.24, 2.45) is 12.0 Å². The Balaban J connectivity index is 0.00000281. The minimum atomic E-state index is -5.75. The summed E-state index contributed by atoms with van der Waals surface area (Å²) in [5.41, 5.74) is -6.58. The first kappa shape index (κ1) is 64.3. The molecule has 0 aliphatic heterocycles. The molecule has 2 heterocycles. The predicted molar refractivity (Wildman–Crippen MR) is 223 cm³/mol. The van der Waals surface area contributed by atoms with Gasteiger partial charge in [-0.3, -0.25) is 19.4 Å². The van der Waals surface area contributed by atoms with E-state index in [1.54, 1.807) is 0 Å². The Bertz CT molecular complexity index is 3940. The molecule has 0 saturated carbocycles. The number of hydrogen-bond acceptors (Lipinski definition) is 21. The van der Waals surface area contributed by atoms with Crippen LogP contribution in [0.4, 0.5) is 17.1 Å². The predicted octanol–water partition coefficient (Wildman–Crippen LogP) is -14.0. The second-order valence-corrected chi connectivity index (χ2v) is 18.7. The van der Waals surface area contributed by atoms with E-state index in [-0.39, 0.29) is 193 Å². The molecule has 8 rings (SSSR count). The van der Waals surface area contributed by atoms with Crippen LogP contribution in [0.25, 0.3) is 22.0 Å². The molecule has 32 heteroatoms. The first-order chi connectivity index (χ1) is 31.8. The summed E-state index contributed by atoms with van der Waals surface area (Å²) in [6, 6.07) is 14.5. The molecule has 73 heavy (non-hydrogen) atoms. The Hall–Kier alpha value is -2.98. The number of anilines is 2. The van der Waals surface area contributed by atoms with Gasteiger partial charge < -0.3 is 48.1 Å². The summed E-state index contributed by atoms with van der Waals surface area (Å²) in [6.45, 7) is 0. The van der Waals surface area contributed by atoms with Gasteiger partial charge >= 0.3 is 154 Å². The minimum Gasteiger partial charge on any atom is -0.744 e. The van der Waals surface area contributed by atoms with Gasteiger partial charge in [0, 0.05) is 40.3 Å². The summed E-state index contributed by atoms with van der Waals surface area (Å²) >= 11 is 6.04. The molecule has 346 valence electrons. The Kier molecular flexibility index (Phi) is 21.6. The van der Waals surface area contributed by atoms with Crippen LogP contribution < -0.4 is 179 Å².